The summed E-state index contributed by atoms with van der Waals surface area (Å²) in [5.41, 5.74) is 4.95. The first-order chi connectivity index (χ1) is 17.9. The van der Waals surface area contributed by atoms with Gasteiger partial charge in [-0.3, -0.25) is 0 Å². The van der Waals surface area contributed by atoms with Gasteiger partial charge in [0.25, 0.3) is 0 Å². The molecule has 0 radical (unpaired) electrons. The van der Waals surface area contributed by atoms with Crippen molar-refractivity contribution in [3.63, 3.8) is 0 Å². The van der Waals surface area contributed by atoms with Gasteiger partial charge in [-0.05, 0) is 37.8 Å². The number of benzene rings is 2. The molecular weight excluding hydrogens is 526 g/mol. The zero-order chi connectivity index (χ0) is 29.7. The van der Waals surface area contributed by atoms with Crippen LogP contribution in [0.2, 0.25) is 0 Å². The molecular formula is C38H79N5. The Morgan fingerprint density at radius 3 is 0.977 bits per heavy atom. The molecule has 0 amide bonds. The number of nitrogens with zero attached hydrogens (tertiary/aromatic N) is 1. The van der Waals surface area contributed by atoms with Gasteiger partial charge in [-0.25, -0.2) is 0 Å². The van der Waals surface area contributed by atoms with Crippen molar-refractivity contribution in [2.24, 2.45) is 0 Å². The van der Waals surface area contributed by atoms with Crippen LogP contribution in [-0.2, 0) is 0 Å². The van der Waals surface area contributed by atoms with Crippen molar-refractivity contribution in [3.05, 3.63) is 83.9 Å². The molecule has 0 saturated heterocycles. The summed E-state index contributed by atoms with van der Waals surface area (Å²) in [6.45, 7) is 28.0. The Bertz CT molecular complexity index is 700. The summed E-state index contributed by atoms with van der Waals surface area (Å²) < 4.78 is 0. The smallest absolute Gasteiger partial charge is 0.0621 e. The molecule has 5 heteroatoms. The third-order valence-electron chi connectivity index (χ3n) is 4.09. The van der Waals surface area contributed by atoms with Crippen molar-refractivity contribution in [1.82, 2.24) is 24.6 Å². The lowest BCUT2D eigenvalue weighted by molar-refractivity contribution is 0.772. The van der Waals surface area contributed by atoms with E-state index in [2.05, 4.69) is 102 Å². The molecule has 0 aliphatic heterocycles. The largest absolute Gasteiger partial charge is 0.344 e. The third kappa shape index (κ3) is 73.2. The van der Waals surface area contributed by atoms with Crippen LogP contribution in [0.3, 0.4) is 0 Å². The molecule has 0 bridgehead atoms. The Hall–Kier alpha value is -3.19. The van der Waals surface area contributed by atoms with Crippen molar-refractivity contribution >= 4 is 12.2 Å². The van der Waals surface area contributed by atoms with Gasteiger partial charge in [-0.15, -0.1) is 12.3 Å². The molecule has 0 saturated carbocycles. The molecule has 0 spiro atoms. The first-order valence-electron chi connectivity index (χ1n) is 14.1. The minimum atomic E-state index is 0. The van der Waals surface area contributed by atoms with Crippen LogP contribution >= 0.6 is 0 Å². The van der Waals surface area contributed by atoms with Crippen LogP contribution in [0, 0.1) is 37.5 Å². The van der Waals surface area contributed by atoms with Crippen molar-refractivity contribution < 1.29 is 0 Å². The van der Waals surface area contributed by atoms with Gasteiger partial charge in [0.1, 0.15) is 0 Å². The maximum atomic E-state index is 7.82. The minimum Gasteiger partial charge on any atom is -0.344 e. The molecule has 0 atom stereocenters. The number of hydrogen-bond acceptors (Lipinski definition) is 5. The maximum Gasteiger partial charge on any atom is 0.0621 e. The molecule has 2 aromatic carbocycles. The van der Waals surface area contributed by atoms with Crippen LogP contribution in [0.5, 0.6) is 0 Å². The highest BCUT2D eigenvalue weighted by molar-refractivity contribution is 5.47. The summed E-state index contributed by atoms with van der Waals surface area (Å²) in [6, 6.07) is 18.6. The second-order valence-electron chi connectivity index (χ2n) is 7.45. The van der Waals surface area contributed by atoms with Crippen LogP contribution in [0.4, 0.5) is 0 Å². The SMILES string of the molecule is C.C.C#CCCC.C=Cc1ccc(C)cc1.C=Cc1ccc(C)cc1.CC.CC.CCCC#N.CCCCC.N.N.N.N. The van der Waals surface area contributed by atoms with E-state index in [0.717, 1.165) is 19.3 Å². The van der Waals surface area contributed by atoms with Crippen LogP contribution in [-0.4, -0.2) is 0 Å². The van der Waals surface area contributed by atoms with Crippen LogP contribution in [0.15, 0.2) is 61.7 Å². The number of nitriles is 1. The molecule has 2 rings (SSSR count). The fourth-order valence-electron chi connectivity index (χ4n) is 2.01. The molecule has 43 heavy (non-hydrogen) atoms. The highest BCUT2D eigenvalue weighted by atomic mass is 14.2. The van der Waals surface area contributed by atoms with Crippen molar-refractivity contribution in [2.45, 2.75) is 129 Å². The van der Waals surface area contributed by atoms with Crippen LogP contribution < -0.4 is 24.6 Å². The van der Waals surface area contributed by atoms with Gasteiger partial charge in [0.15, 0.2) is 0 Å². The topological polar surface area (TPSA) is 164 Å². The van der Waals surface area contributed by atoms with Gasteiger partial charge < -0.3 is 24.6 Å². The van der Waals surface area contributed by atoms with Crippen molar-refractivity contribution in [2.75, 3.05) is 0 Å². The van der Waals surface area contributed by atoms with Gasteiger partial charge in [0, 0.05) is 12.8 Å². The summed E-state index contributed by atoms with van der Waals surface area (Å²) >= 11 is 0. The van der Waals surface area contributed by atoms with E-state index < -0.39 is 0 Å². The highest BCUT2D eigenvalue weighted by Gasteiger charge is 1.83. The first-order valence-corrected chi connectivity index (χ1v) is 14.1. The van der Waals surface area contributed by atoms with Gasteiger partial charge in [0.2, 0.25) is 0 Å². The quantitative estimate of drug-likeness (QED) is 0.240. The Morgan fingerprint density at radius 1 is 0.605 bits per heavy atom. The Morgan fingerprint density at radius 2 is 0.884 bits per heavy atom. The summed E-state index contributed by atoms with van der Waals surface area (Å²) in [6.07, 6.45) is 16.4. The zero-order valence-electron chi connectivity index (χ0n) is 29.0. The second-order valence-corrected chi connectivity index (χ2v) is 7.45. The lowest BCUT2D eigenvalue weighted by Gasteiger charge is -1.91. The first kappa shape index (κ1) is 72.2. The molecule has 12 N–H and O–H groups in total. The van der Waals surface area contributed by atoms with E-state index in [1.54, 1.807) is 0 Å². The van der Waals surface area contributed by atoms with Gasteiger partial charge in [-0.1, -0.05) is 174 Å². The Kier molecular flexibility index (Phi) is 121. The van der Waals surface area contributed by atoms with E-state index >= 15 is 0 Å². The number of aryl methyl sites for hydroxylation is 2. The van der Waals surface area contributed by atoms with E-state index in [0.29, 0.717) is 6.42 Å². The summed E-state index contributed by atoms with van der Waals surface area (Å²) in [5.74, 6) is 2.52. The lowest BCUT2D eigenvalue weighted by atomic mass is 10.2. The summed E-state index contributed by atoms with van der Waals surface area (Å²) in [4.78, 5) is 0. The van der Waals surface area contributed by atoms with Gasteiger partial charge >= 0.3 is 0 Å². The fraction of sp³-hybridized carbons (Fsp3) is 0.500. The normalized spacial score (nSPS) is 6.51. The monoisotopic (exact) mass is 606 g/mol. The Balaban J connectivity index is -0.0000000318. The van der Waals surface area contributed by atoms with Crippen molar-refractivity contribution in [1.29, 1.82) is 5.26 Å². The number of unbranched alkanes of at least 4 members (excludes halogenated alkanes) is 4. The summed E-state index contributed by atoms with van der Waals surface area (Å²) in [5, 5.41) is 7.82. The van der Waals surface area contributed by atoms with Crippen LogP contribution in [0.1, 0.15) is 137 Å². The molecule has 0 fully saturated rings. The highest BCUT2D eigenvalue weighted by Crippen LogP contribution is 2.03. The van der Waals surface area contributed by atoms with Crippen molar-refractivity contribution in [3.8, 4) is 18.4 Å². The molecule has 0 aromatic heterocycles. The van der Waals surface area contributed by atoms with E-state index in [1.165, 1.54) is 41.5 Å². The Labute approximate surface area is 273 Å². The number of hydrogen-bond donors (Lipinski definition) is 4. The standard InChI is InChI=1S/2C9H10.C5H12.C5H8.C4H7N.2C2H6.2CH4.4H3N/c2*1-3-9-6-4-8(2)5-7-9;2*1-3-5-4-2;1-2-3-4-5;2*1-2;;;;;;/h2*3-7H,1H2,2H3;3-5H2,1-2H3;1H,4-5H2,2H3;2-3H2,1H3;2*1-2H3;2*1H4;4*1H3. The molecule has 0 heterocycles. The average molecular weight is 606 g/mol. The van der Waals surface area contributed by atoms with Crippen LogP contribution in [0.25, 0.3) is 12.2 Å². The lowest BCUT2D eigenvalue weighted by Crippen LogP contribution is -1.71. The van der Waals surface area contributed by atoms with E-state index in [-0.39, 0.29) is 39.5 Å². The molecule has 256 valence electrons. The van der Waals surface area contributed by atoms with Gasteiger partial charge in [0.05, 0.1) is 6.07 Å². The van der Waals surface area contributed by atoms with E-state index in [9.17, 15) is 0 Å². The second kappa shape index (κ2) is 71.7. The third-order valence-corrected chi connectivity index (χ3v) is 4.09. The minimum absolute atomic E-state index is 0. The number of rotatable bonds is 6. The predicted molar refractivity (Wildman–Crippen MR) is 208 cm³/mol. The van der Waals surface area contributed by atoms with Gasteiger partial charge in [-0.2, -0.15) is 5.26 Å². The van der Waals surface area contributed by atoms with E-state index in [4.69, 9.17) is 11.7 Å². The molecule has 0 unspecified atom stereocenters. The molecule has 2 aromatic rings. The maximum absolute atomic E-state index is 7.82. The molecule has 5 nitrogen and oxygen atoms in total. The fourth-order valence-corrected chi connectivity index (χ4v) is 2.01. The molecule has 0 aliphatic rings. The average Bonchev–Trinajstić information content (AvgIpc) is 2.95. The van der Waals surface area contributed by atoms with E-state index in [1.807, 2.05) is 52.8 Å². The zero-order valence-corrected chi connectivity index (χ0v) is 29.0. The predicted octanol–water partition coefficient (Wildman–Crippen LogP) is 14.2. The molecule has 0 aliphatic carbocycles. The number of terminal acetylenes is 1. The summed E-state index contributed by atoms with van der Waals surface area (Å²) in [7, 11) is 0.